The van der Waals surface area contributed by atoms with Crippen LogP contribution in [0.15, 0.2) is 42.6 Å². The number of amides is 1. The number of piperidine rings is 1. The fourth-order valence-electron chi connectivity index (χ4n) is 3.85. The van der Waals surface area contributed by atoms with E-state index in [1.807, 2.05) is 41.4 Å². The van der Waals surface area contributed by atoms with E-state index < -0.39 is 9.84 Å². The average Bonchev–Trinajstić information content (AvgIpc) is 3.19. The first kappa shape index (κ1) is 18.2. The molecule has 0 radical (unpaired) electrons. The highest BCUT2D eigenvalue weighted by atomic mass is 32.2. The summed E-state index contributed by atoms with van der Waals surface area (Å²) in [5.41, 5.74) is 1.39. The third kappa shape index (κ3) is 4.06. The summed E-state index contributed by atoms with van der Waals surface area (Å²) in [5, 5.41) is 4.43. The molecule has 0 bridgehead atoms. The van der Waals surface area contributed by atoms with E-state index in [0.717, 1.165) is 18.5 Å². The van der Waals surface area contributed by atoms with Gasteiger partial charge >= 0.3 is 0 Å². The maximum absolute atomic E-state index is 12.8. The number of hydrogen-bond acceptors (Lipinski definition) is 5. The molecule has 0 N–H and O–H groups in total. The molecule has 4 rings (SSSR count). The molecule has 0 atom stereocenters. The fourth-order valence-corrected chi connectivity index (χ4v) is 5.08. The third-order valence-corrected chi connectivity index (χ3v) is 7.09. The van der Waals surface area contributed by atoms with Crippen molar-refractivity contribution >= 4 is 15.7 Å². The number of nitrogens with zero attached hydrogens (tertiary/aromatic N) is 4. The van der Waals surface area contributed by atoms with Gasteiger partial charge < -0.3 is 4.90 Å². The second kappa shape index (κ2) is 7.44. The highest BCUT2D eigenvalue weighted by Crippen LogP contribution is 2.20. The molecule has 1 aromatic carbocycles. The molecular weight excluding hydrogens is 364 g/mol. The molecule has 2 aliphatic heterocycles. The van der Waals surface area contributed by atoms with E-state index in [2.05, 4.69) is 10.00 Å². The molecular formula is C19H24N4O3S. The Balaban J connectivity index is 1.35. The van der Waals surface area contributed by atoms with Crippen LogP contribution in [0.2, 0.25) is 0 Å². The van der Waals surface area contributed by atoms with Crippen molar-refractivity contribution in [2.45, 2.75) is 18.9 Å². The second-order valence-corrected chi connectivity index (χ2v) is 9.50. The van der Waals surface area contributed by atoms with E-state index in [0.29, 0.717) is 37.9 Å². The summed E-state index contributed by atoms with van der Waals surface area (Å²) in [6, 6.07) is 11.9. The van der Waals surface area contributed by atoms with Gasteiger partial charge in [-0.2, -0.15) is 5.10 Å². The van der Waals surface area contributed by atoms with Crippen molar-refractivity contribution in [1.82, 2.24) is 19.6 Å². The minimum Gasteiger partial charge on any atom is -0.337 e. The number of aromatic nitrogens is 2. The molecule has 1 amide bonds. The Hall–Kier alpha value is -2.19. The number of hydrogen-bond donors (Lipinski definition) is 0. The Morgan fingerprint density at radius 3 is 2.30 bits per heavy atom. The molecule has 27 heavy (non-hydrogen) atoms. The molecule has 7 nitrogen and oxygen atoms in total. The first-order valence-corrected chi connectivity index (χ1v) is 11.2. The van der Waals surface area contributed by atoms with Crippen molar-refractivity contribution in [2.75, 3.05) is 37.7 Å². The highest BCUT2D eigenvalue weighted by Gasteiger charge is 2.31. The summed E-state index contributed by atoms with van der Waals surface area (Å²) in [6.07, 6.45) is 3.57. The molecule has 0 spiro atoms. The maximum atomic E-state index is 12.8. The lowest BCUT2D eigenvalue weighted by Gasteiger charge is -2.39. The second-order valence-electron chi connectivity index (χ2n) is 7.19. The van der Waals surface area contributed by atoms with Gasteiger partial charge in [0.2, 0.25) is 0 Å². The molecule has 0 unspecified atom stereocenters. The third-order valence-electron chi connectivity index (χ3n) is 5.48. The Bertz CT molecular complexity index is 888. The van der Waals surface area contributed by atoms with Crippen LogP contribution in [0.25, 0.3) is 5.69 Å². The van der Waals surface area contributed by atoms with E-state index in [4.69, 9.17) is 0 Å². The van der Waals surface area contributed by atoms with E-state index >= 15 is 0 Å². The van der Waals surface area contributed by atoms with E-state index in [1.165, 1.54) is 0 Å². The minimum atomic E-state index is -2.85. The van der Waals surface area contributed by atoms with Gasteiger partial charge in [-0.25, -0.2) is 13.1 Å². The number of likely N-dealkylation sites (tertiary alicyclic amines) is 1. The summed E-state index contributed by atoms with van der Waals surface area (Å²) >= 11 is 0. The summed E-state index contributed by atoms with van der Waals surface area (Å²) in [6.45, 7) is 2.60. The fraction of sp³-hybridized carbons (Fsp3) is 0.474. The van der Waals surface area contributed by atoms with Crippen molar-refractivity contribution < 1.29 is 13.2 Å². The average molecular weight is 388 g/mol. The van der Waals surface area contributed by atoms with Crippen molar-refractivity contribution in [1.29, 1.82) is 0 Å². The van der Waals surface area contributed by atoms with Gasteiger partial charge in [0.25, 0.3) is 5.91 Å². The number of carbonyl (C=O) groups excluding carboxylic acids is 1. The maximum Gasteiger partial charge on any atom is 0.274 e. The SMILES string of the molecule is O=C(c1ccn(-c2ccccc2)n1)N1CCC(N2CCS(=O)(=O)CC2)CC1. The monoisotopic (exact) mass is 388 g/mol. The quantitative estimate of drug-likeness (QED) is 0.790. The number of benzene rings is 1. The largest absolute Gasteiger partial charge is 0.337 e. The Morgan fingerprint density at radius 2 is 1.63 bits per heavy atom. The molecule has 144 valence electrons. The first-order chi connectivity index (χ1) is 13.0. The first-order valence-electron chi connectivity index (χ1n) is 9.37. The topological polar surface area (TPSA) is 75.5 Å². The Kier molecular flexibility index (Phi) is 5.01. The van der Waals surface area contributed by atoms with Crippen molar-refractivity contribution in [3.05, 3.63) is 48.3 Å². The van der Waals surface area contributed by atoms with Crippen molar-refractivity contribution in [3.63, 3.8) is 0 Å². The zero-order valence-electron chi connectivity index (χ0n) is 15.2. The van der Waals surface area contributed by atoms with Gasteiger partial charge in [0, 0.05) is 38.4 Å². The molecule has 2 aliphatic rings. The predicted octanol–water partition coefficient (Wildman–Crippen LogP) is 1.21. The zero-order chi connectivity index (χ0) is 18.9. The smallest absolute Gasteiger partial charge is 0.274 e. The summed E-state index contributed by atoms with van der Waals surface area (Å²) < 4.78 is 24.9. The van der Waals surface area contributed by atoms with Crippen molar-refractivity contribution in [3.8, 4) is 5.69 Å². The van der Waals surface area contributed by atoms with Crippen LogP contribution in [0.5, 0.6) is 0 Å². The van der Waals surface area contributed by atoms with Crippen LogP contribution in [0.1, 0.15) is 23.3 Å². The Labute approximate surface area is 159 Å². The highest BCUT2D eigenvalue weighted by molar-refractivity contribution is 7.91. The molecule has 0 saturated carbocycles. The molecule has 2 fully saturated rings. The van der Waals surface area contributed by atoms with Gasteiger partial charge in [-0.15, -0.1) is 0 Å². The van der Waals surface area contributed by atoms with Crippen LogP contribution in [0.3, 0.4) is 0 Å². The lowest BCUT2D eigenvalue weighted by atomic mass is 10.0. The molecule has 2 saturated heterocycles. The lowest BCUT2D eigenvalue weighted by molar-refractivity contribution is 0.0623. The molecule has 0 aliphatic carbocycles. The van der Waals surface area contributed by atoms with E-state index in [-0.39, 0.29) is 17.4 Å². The molecule has 1 aromatic heterocycles. The molecule has 2 aromatic rings. The Morgan fingerprint density at radius 1 is 0.963 bits per heavy atom. The number of sulfone groups is 1. The van der Waals surface area contributed by atoms with Crippen LogP contribution in [-0.2, 0) is 9.84 Å². The van der Waals surface area contributed by atoms with E-state index in [9.17, 15) is 13.2 Å². The number of rotatable bonds is 3. The summed E-state index contributed by atoms with van der Waals surface area (Å²) in [7, 11) is -2.85. The van der Waals surface area contributed by atoms with E-state index in [1.54, 1.807) is 10.7 Å². The number of carbonyl (C=O) groups is 1. The van der Waals surface area contributed by atoms with Gasteiger partial charge in [0.1, 0.15) is 0 Å². The summed E-state index contributed by atoms with van der Waals surface area (Å²) in [5.74, 6) is 0.468. The van der Waals surface area contributed by atoms with Gasteiger partial charge in [-0.3, -0.25) is 9.69 Å². The minimum absolute atomic E-state index is 0.0376. The predicted molar refractivity (Wildman–Crippen MR) is 103 cm³/mol. The number of para-hydroxylation sites is 1. The molecule has 3 heterocycles. The lowest BCUT2D eigenvalue weighted by Crippen LogP contribution is -2.51. The standard InChI is InChI=1S/C19H24N4O3S/c24-19(18-8-11-23(20-18)17-4-2-1-3-5-17)22-9-6-16(7-10-22)21-12-14-27(25,26)15-13-21/h1-5,8,11,16H,6-7,9-10,12-15H2. The molecule has 8 heteroatoms. The van der Waals surface area contributed by atoms with Gasteiger partial charge in [-0.05, 0) is 31.0 Å². The van der Waals surface area contributed by atoms with Crippen molar-refractivity contribution in [2.24, 2.45) is 0 Å². The van der Waals surface area contributed by atoms with Crippen LogP contribution in [-0.4, -0.2) is 77.6 Å². The normalized spacial score (nSPS) is 21.3. The van der Waals surface area contributed by atoms with Crippen LogP contribution >= 0.6 is 0 Å². The zero-order valence-corrected chi connectivity index (χ0v) is 16.0. The van der Waals surface area contributed by atoms with Crippen LogP contribution in [0, 0.1) is 0 Å². The van der Waals surface area contributed by atoms with Crippen LogP contribution in [0.4, 0.5) is 0 Å². The van der Waals surface area contributed by atoms with Crippen LogP contribution < -0.4 is 0 Å². The van der Waals surface area contributed by atoms with Gasteiger partial charge in [-0.1, -0.05) is 18.2 Å². The van der Waals surface area contributed by atoms with Gasteiger partial charge in [0.15, 0.2) is 15.5 Å². The van der Waals surface area contributed by atoms with Gasteiger partial charge in [0.05, 0.1) is 17.2 Å². The summed E-state index contributed by atoms with van der Waals surface area (Å²) in [4.78, 5) is 16.9.